The van der Waals surface area contributed by atoms with Crippen LogP contribution in [0.25, 0.3) is 0 Å². The van der Waals surface area contributed by atoms with Gasteiger partial charge in [-0.05, 0) is 12.1 Å². The molecule has 0 spiro atoms. The Bertz CT molecular complexity index is 793. The van der Waals surface area contributed by atoms with E-state index in [-0.39, 0.29) is 23.1 Å². The highest BCUT2D eigenvalue weighted by atomic mass is 35.5. The minimum atomic E-state index is -1.10. The highest BCUT2D eigenvalue weighted by Crippen LogP contribution is 2.21. The summed E-state index contributed by atoms with van der Waals surface area (Å²) in [6.45, 7) is -0.147. The van der Waals surface area contributed by atoms with Gasteiger partial charge in [0.05, 0.1) is 17.8 Å². The third-order valence-electron chi connectivity index (χ3n) is 2.81. The smallest absolute Gasteiger partial charge is 0.327 e. The van der Waals surface area contributed by atoms with Gasteiger partial charge >= 0.3 is 17.8 Å². The fraction of sp³-hybridized carbons (Fsp3) is 0.143. The number of halogens is 2. The van der Waals surface area contributed by atoms with E-state index in [2.05, 4.69) is 20.5 Å². The molecule has 2 amide bonds. The summed E-state index contributed by atoms with van der Waals surface area (Å²) in [5.41, 5.74) is -0.223. The molecule has 0 fully saturated rings. The Morgan fingerprint density at radius 3 is 2.67 bits per heavy atom. The highest BCUT2D eigenvalue weighted by molar-refractivity contribution is 6.43. The summed E-state index contributed by atoms with van der Waals surface area (Å²) in [7, 11) is 1.23. The molecule has 0 aliphatic heterocycles. The van der Waals surface area contributed by atoms with Gasteiger partial charge in [0.25, 0.3) is 0 Å². The van der Waals surface area contributed by atoms with Crippen molar-refractivity contribution >= 4 is 40.9 Å². The molecule has 0 bridgehead atoms. The molecule has 0 saturated carbocycles. The zero-order valence-electron chi connectivity index (χ0n) is 12.4. The number of hydrogen-bond donors (Lipinski definition) is 2. The van der Waals surface area contributed by atoms with Crippen molar-refractivity contribution in [1.29, 1.82) is 0 Å². The molecular weight excluding hydrogens is 343 g/mol. The number of aromatic nitrogens is 2. The SMILES string of the molecule is COC(=O)Cn1ccc(NC(=O)C(=O)Nc2cccc(Cl)c2F)n1. The zero-order chi connectivity index (χ0) is 17.7. The number of amides is 2. The number of anilines is 2. The Labute approximate surface area is 140 Å². The summed E-state index contributed by atoms with van der Waals surface area (Å²) in [4.78, 5) is 34.7. The molecule has 0 aliphatic rings. The molecule has 8 nitrogen and oxygen atoms in total. The van der Waals surface area contributed by atoms with E-state index in [1.807, 2.05) is 0 Å². The first-order valence-electron chi connectivity index (χ1n) is 6.57. The van der Waals surface area contributed by atoms with E-state index in [0.29, 0.717) is 0 Å². The highest BCUT2D eigenvalue weighted by Gasteiger charge is 2.18. The second kappa shape index (κ2) is 7.55. The molecule has 0 saturated heterocycles. The quantitative estimate of drug-likeness (QED) is 0.638. The van der Waals surface area contributed by atoms with Crippen molar-refractivity contribution in [3.05, 3.63) is 41.3 Å². The Balaban J connectivity index is 1.98. The van der Waals surface area contributed by atoms with Gasteiger partial charge in [-0.1, -0.05) is 17.7 Å². The summed E-state index contributed by atoms with van der Waals surface area (Å²) in [6.07, 6.45) is 1.42. The molecule has 0 unspecified atom stereocenters. The van der Waals surface area contributed by atoms with Crippen LogP contribution in [-0.4, -0.2) is 34.7 Å². The first-order chi connectivity index (χ1) is 11.4. The van der Waals surface area contributed by atoms with E-state index in [0.717, 1.165) is 0 Å². The summed E-state index contributed by atoms with van der Waals surface area (Å²) < 4.78 is 19.4. The number of nitrogens with one attached hydrogen (secondary N) is 2. The predicted octanol–water partition coefficient (Wildman–Crippen LogP) is 1.43. The number of rotatable bonds is 4. The van der Waals surface area contributed by atoms with Gasteiger partial charge in [-0.15, -0.1) is 0 Å². The van der Waals surface area contributed by atoms with Crippen LogP contribution in [0, 0.1) is 5.82 Å². The van der Waals surface area contributed by atoms with Crippen molar-refractivity contribution < 1.29 is 23.5 Å². The van der Waals surface area contributed by atoms with Gasteiger partial charge in [0, 0.05) is 12.3 Å². The molecule has 126 valence electrons. The maximum atomic E-state index is 13.7. The van der Waals surface area contributed by atoms with Crippen LogP contribution < -0.4 is 10.6 Å². The van der Waals surface area contributed by atoms with Crippen molar-refractivity contribution in [1.82, 2.24) is 9.78 Å². The van der Waals surface area contributed by atoms with Crippen LogP contribution in [0.4, 0.5) is 15.9 Å². The standard InChI is InChI=1S/C14H12ClFN4O4/c1-24-11(21)7-20-6-5-10(19-20)18-14(23)13(22)17-9-4-2-3-8(15)12(9)16/h2-6H,7H2,1H3,(H,17,22)(H,18,19,23). The molecule has 1 heterocycles. The molecule has 2 rings (SSSR count). The number of carbonyl (C=O) groups is 3. The van der Waals surface area contributed by atoms with Crippen molar-refractivity contribution in [2.24, 2.45) is 0 Å². The molecule has 0 aliphatic carbocycles. The predicted molar refractivity (Wildman–Crippen MR) is 82.9 cm³/mol. The number of benzene rings is 1. The lowest BCUT2D eigenvalue weighted by Crippen LogP contribution is -2.29. The molecule has 0 radical (unpaired) electrons. The fourth-order valence-corrected chi connectivity index (χ4v) is 1.84. The number of esters is 1. The number of carbonyl (C=O) groups excluding carboxylic acids is 3. The minimum absolute atomic E-state index is 0.0469. The molecule has 10 heteroatoms. The van der Waals surface area contributed by atoms with Gasteiger partial charge in [0.2, 0.25) is 0 Å². The summed E-state index contributed by atoms with van der Waals surface area (Å²) in [5.74, 6) is -3.48. The third-order valence-corrected chi connectivity index (χ3v) is 3.10. The average Bonchev–Trinajstić information content (AvgIpc) is 2.98. The van der Waals surface area contributed by atoms with Gasteiger partial charge in [0.15, 0.2) is 11.6 Å². The second-order valence-electron chi connectivity index (χ2n) is 4.48. The molecule has 0 atom stereocenters. The van der Waals surface area contributed by atoms with E-state index in [9.17, 15) is 18.8 Å². The van der Waals surface area contributed by atoms with E-state index in [1.54, 1.807) is 0 Å². The van der Waals surface area contributed by atoms with Gasteiger partial charge < -0.3 is 15.4 Å². The van der Waals surface area contributed by atoms with Crippen molar-refractivity contribution in [3.63, 3.8) is 0 Å². The summed E-state index contributed by atoms with van der Waals surface area (Å²) in [5, 5.41) is 8.00. The van der Waals surface area contributed by atoms with Crippen LogP contribution in [0.2, 0.25) is 5.02 Å². The van der Waals surface area contributed by atoms with Gasteiger partial charge in [-0.2, -0.15) is 5.10 Å². The van der Waals surface area contributed by atoms with E-state index in [4.69, 9.17) is 11.6 Å². The molecule has 1 aromatic carbocycles. The lowest BCUT2D eigenvalue weighted by atomic mass is 10.3. The van der Waals surface area contributed by atoms with E-state index in [1.165, 1.54) is 42.3 Å². The zero-order valence-corrected chi connectivity index (χ0v) is 13.1. The van der Waals surface area contributed by atoms with Crippen LogP contribution >= 0.6 is 11.6 Å². The number of nitrogens with zero attached hydrogens (tertiary/aromatic N) is 2. The first kappa shape index (κ1) is 17.4. The molecule has 2 N–H and O–H groups in total. The number of ether oxygens (including phenoxy) is 1. The monoisotopic (exact) mass is 354 g/mol. The van der Waals surface area contributed by atoms with Crippen LogP contribution in [0.3, 0.4) is 0 Å². The van der Waals surface area contributed by atoms with Crippen molar-refractivity contribution in [2.45, 2.75) is 6.54 Å². The molecule has 2 aromatic rings. The van der Waals surface area contributed by atoms with Gasteiger partial charge in [-0.3, -0.25) is 19.1 Å². The Morgan fingerprint density at radius 2 is 1.96 bits per heavy atom. The lowest BCUT2D eigenvalue weighted by molar-refractivity contribution is -0.141. The third kappa shape index (κ3) is 4.29. The van der Waals surface area contributed by atoms with Crippen LogP contribution in [-0.2, 0) is 25.7 Å². The number of hydrogen-bond acceptors (Lipinski definition) is 5. The van der Waals surface area contributed by atoms with Crippen molar-refractivity contribution in [3.8, 4) is 0 Å². The topological polar surface area (TPSA) is 102 Å². The van der Waals surface area contributed by atoms with E-state index >= 15 is 0 Å². The van der Waals surface area contributed by atoms with Crippen molar-refractivity contribution in [2.75, 3.05) is 17.7 Å². The second-order valence-corrected chi connectivity index (χ2v) is 4.89. The Kier molecular flexibility index (Phi) is 5.48. The maximum absolute atomic E-state index is 13.7. The normalized spacial score (nSPS) is 10.1. The van der Waals surface area contributed by atoms with Gasteiger partial charge in [-0.25, -0.2) is 4.39 Å². The molecular formula is C14H12ClFN4O4. The minimum Gasteiger partial charge on any atom is -0.468 e. The largest absolute Gasteiger partial charge is 0.468 e. The molecule has 24 heavy (non-hydrogen) atoms. The molecule has 1 aromatic heterocycles. The van der Waals surface area contributed by atoms with Crippen LogP contribution in [0.15, 0.2) is 30.5 Å². The summed E-state index contributed by atoms with van der Waals surface area (Å²) >= 11 is 5.59. The van der Waals surface area contributed by atoms with Gasteiger partial charge in [0.1, 0.15) is 6.54 Å². The summed E-state index contributed by atoms with van der Waals surface area (Å²) in [6, 6.07) is 5.37. The first-order valence-corrected chi connectivity index (χ1v) is 6.95. The Hall–Kier alpha value is -2.94. The number of methoxy groups -OCH3 is 1. The Morgan fingerprint density at radius 1 is 1.25 bits per heavy atom. The maximum Gasteiger partial charge on any atom is 0.327 e. The van der Waals surface area contributed by atoms with Crippen LogP contribution in [0.5, 0.6) is 0 Å². The van der Waals surface area contributed by atoms with E-state index < -0.39 is 23.6 Å². The average molecular weight is 355 g/mol. The lowest BCUT2D eigenvalue weighted by Gasteiger charge is -2.06. The van der Waals surface area contributed by atoms with Crippen LogP contribution in [0.1, 0.15) is 0 Å². The fourth-order valence-electron chi connectivity index (χ4n) is 1.67.